The molecule has 0 amide bonds. The van der Waals surface area contributed by atoms with Crippen molar-refractivity contribution in [3.05, 3.63) is 36.0 Å². The minimum atomic E-state index is 0.356. The molecule has 2 heterocycles. The summed E-state index contributed by atoms with van der Waals surface area (Å²) in [5.41, 5.74) is 2.22. The third kappa shape index (κ3) is 4.32. The van der Waals surface area contributed by atoms with Crippen molar-refractivity contribution in [3.63, 3.8) is 0 Å². The van der Waals surface area contributed by atoms with Crippen molar-refractivity contribution in [2.24, 2.45) is 0 Å². The van der Waals surface area contributed by atoms with E-state index in [0.29, 0.717) is 6.04 Å². The Morgan fingerprint density at radius 1 is 1.00 bits per heavy atom. The molecule has 6 heteroatoms. The molecular weight excluding hydrogens is 314 g/mol. The van der Waals surface area contributed by atoms with Gasteiger partial charge in [0.2, 0.25) is 5.95 Å². The summed E-state index contributed by atoms with van der Waals surface area (Å²) >= 11 is 0. The quantitative estimate of drug-likeness (QED) is 0.902. The number of aromatic nitrogens is 2. The van der Waals surface area contributed by atoms with Crippen LogP contribution in [0.25, 0.3) is 0 Å². The molecular formula is C19H27N5O. The molecule has 0 spiro atoms. The van der Waals surface area contributed by atoms with Crippen molar-refractivity contribution in [2.75, 3.05) is 48.4 Å². The lowest BCUT2D eigenvalue weighted by molar-refractivity contribution is 0.415. The first-order valence-corrected chi connectivity index (χ1v) is 8.81. The summed E-state index contributed by atoms with van der Waals surface area (Å²) < 4.78 is 5.23. The summed E-state index contributed by atoms with van der Waals surface area (Å²) in [5, 5.41) is 3.37. The highest BCUT2D eigenvalue weighted by Gasteiger charge is 2.20. The summed E-state index contributed by atoms with van der Waals surface area (Å²) in [7, 11) is 1.69. The Balaban J connectivity index is 1.66. The minimum Gasteiger partial charge on any atom is -0.497 e. The Morgan fingerprint density at radius 3 is 2.24 bits per heavy atom. The first-order chi connectivity index (χ1) is 12.0. The van der Waals surface area contributed by atoms with E-state index in [9.17, 15) is 0 Å². The fourth-order valence-electron chi connectivity index (χ4n) is 3.02. The minimum absolute atomic E-state index is 0.356. The smallest absolute Gasteiger partial charge is 0.227 e. The second kappa shape index (κ2) is 7.59. The number of nitrogens with zero attached hydrogens (tertiary/aromatic N) is 4. The van der Waals surface area contributed by atoms with Gasteiger partial charge in [0.25, 0.3) is 0 Å². The molecule has 0 saturated carbocycles. The van der Waals surface area contributed by atoms with Crippen LogP contribution in [0.1, 0.15) is 19.5 Å². The molecule has 1 aromatic carbocycles. The zero-order valence-corrected chi connectivity index (χ0v) is 15.5. The number of anilines is 3. The van der Waals surface area contributed by atoms with Gasteiger partial charge in [-0.05, 0) is 45.0 Å². The number of nitrogens with one attached hydrogen (secondary N) is 1. The van der Waals surface area contributed by atoms with Gasteiger partial charge in [0.05, 0.1) is 7.11 Å². The molecule has 25 heavy (non-hydrogen) atoms. The van der Waals surface area contributed by atoms with Crippen LogP contribution in [0.5, 0.6) is 5.75 Å². The van der Waals surface area contributed by atoms with Gasteiger partial charge in [-0.25, -0.2) is 4.98 Å². The van der Waals surface area contributed by atoms with E-state index in [2.05, 4.69) is 51.1 Å². The standard InChI is InChI=1S/C19H27N5O/c1-14(2)20-18-13-15(3)21-19(22-18)24-11-9-23(10-12-24)16-5-7-17(25-4)8-6-16/h5-8,13-14H,9-12H2,1-4H3,(H,20,21,22). The molecule has 1 aliphatic rings. The number of benzene rings is 1. The molecule has 1 aliphatic heterocycles. The number of ether oxygens (including phenoxy) is 1. The van der Waals surface area contributed by atoms with Gasteiger partial charge < -0.3 is 19.9 Å². The van der Waals surface area contributed by atoms with Crippen LogP contribution < -0.4 is 19.9 Å². The van der Waals surface area contributed by atoms with Crippen LogP contribution in [0.2, 0.25) is 0 Å². The van der Waals surface area contributed by atoms with Crippen LogP contribution in [0.4, 0.5) is 17.5 Å². The second-order valence-corrected chi connectivity index (χ2v) is 6.67. The molecule has 0 atom stereocenters. The molecule has 1 N–H and O–H groups in total. The highest BCUT2D eigenvalue weighted by atomic mass is 16.5. The van der Waals surface area contributed by atoms with E-state index in [-0.39, 0.29) is 0 Å². The summed E-state index contributed by atoms with van der Waals surface area (Å²) in [5.74, 6) is 2.60. The van der Waals surface area contributed by atoms with E-state index in [1.54, 1.807) is 7.11 Å². The van der Waals surface area contributed by atoms with Crippen molar-refractivity contribution in [3.8, 4) is 5.75 Å². The topological polar surface area (TPSA) is 53.5 Å². The van der Waals surface area contributed by atoms with Gasteiger partial charge in [-0.2, -0.15) is 4.98 Å². The molecule has 0 radical (unpaired) electrons. The highest BCUT2D eigenvalue weighted by Crippen LogP contribution is 2.22. The van der Waals surface area contributed by atoms with Gasteiger partial charge in [0, 0.05) is 49.7 Å². The number of hydrogen-bond donors (Lipinski definition) is 1. The van der Waals surface area contributed by atoms with Crippen LogP contribution in [0, 0.1) is 6.92 Å². The molecule has 1 aromatic heterocycles. The zero-order valence-electron chi connectivity index (χ0n) is 15.5. The Hall–Kier alpha value is -2.50. The number of aryl methyl sites for hydroxylation is 1. The Bertz CT molecular complexity index is 693. The van der Waals surface area contributed by atoms with Crippen molar-refractivity contribution < 1.29 is 4.74 Å². The second-order valence-electron chi connectivity index (χ2n) is 6.67. The van der Waals surface area contributed by atoms with Crippen LogP contribution in [0.3, 0.4) is 0 Å². The summed E-state index contributed by atoms with van der Waals surface area (Å²) in [6, 6.07) is 10.6. The van der Waals surface area contributed by atoms with Crippen LogP contribution in [-0.4, -0.2) is 49.3 Å². The average Bonchev–Trinajstić information content (AvgIpc) is 2.61. The van der Waals surface area contributed by atoms with E-state index in [1.165, 1.54) is 5.69 Å². The summed E-state index contributed by atoms with van der Waals surface area (Å²) in [4.78, 5) is 14.0. The summed E-state index contributed by atoms with van der Waals surface area (Å²) in [6.07, 6.45) is 0. The molecule has 0 unspecified atom stereocenters. The fourth-order valence-corrected chi connectivity index (χ4v) is 3.02. The Kier molecular flexibility index (Phi) is 5.26. The van der Waals surface area contributed by atoms with Crippen molar-refractivity contribution in [1.29, 1.82) is 0 Å². The molecule has 6 nitrogen and oxygen atoms in total. The van der Waals surface area contributed by atoms with Crippen LogP contribution in [-0.2, 0) is 0 Å². The van der Waals surface area contributed by atoms with Crippen LogP contribution in [0.15, 0.2) is 30.3 Å². The van der Waals surface area contributed by atoms with Crippen molar-refractivity contribution in [1.82, 2.24) is 9.97 Å². The van der Waals surface area contributed by atoms with Gasteiger partial charge in [-0.3, -0.25) is 0 Å². The van der Waals surface area contributed by atoms with Crippen LogP contribution >= 0.6 is 0 Å². The lowest BCUT2D eigenvalue weighted by atomic mass is 10.2. The maximum Gasteiger partial charge on any atom is 0.227 e. The molecule has 2 aromatic rings. The third-order valence-corrected chi connectivity index (χ3v) is 4.28. The van der Waals surface area contributed by atoms with Gasteiger partial charge in [-0.1, -0.05) is 0 Å². The molecule has 1 saturated heterocycles. The maximum absolute atomic E-state index is 5.23. The molecule has 3 rings (SSSR count). The Labute approximate surface area is 149 Å². The lowest BCUT2D eigenvalue weighted by Gasteiger charge is -2.36. The summed E-state index contributed by atoms with van der Waals surface area (Å²) in [6.45, 7) is 9.99. The van der Waals surface area contributed by atoms with E-state index in [4.69, 9.17) is 4.74 Å². The van der Waals surface area contributed by atoms with E-state index in [0.717, 1.165) is 49.4 Å². The van der Waals surface area contributed by atoms with E-state index in [1.807, 2.05) is 25.1 Å². The molecule has 0 bridgehead atoms. The largest absolute Gasteiger partial charge is 0.497 e. The van der Waals surface area contributed by atoms with Gasteiger partial charge in [0.15, 0.2) is 0 Å². The lowest BCUT2D eigenvalue weighted by Crippen LogP contribution is -2.47. The molecule has 134 valence electrons. The van der Waals surface area contributed by atoms with Crippen molar-refractivity contribution in [2.45, 2.75) is 26.8 Å². The fraction of sp³-hybridized carbons (Fsp3) is 0.474. The first kappa shape index (κ1) is 17.3. The monoisotopic (exact) mass is 341 g/mol. The SMILES string of the molecule is COc1ccc(N2CCN(c3nc(C)cc(NC(C)C)n3)CC2)cc1. The highest BCUT2D eigenvalue weighted by molar-refractivity contribution is 5.51. The third-order valence-electron chi connectivity index (χ3n) is 4.28. The van der Waals surface area contributed by atoms with Gasteiger partial charge in [-0.15, -0.1) is 0 Å². The number of rotatable bonds is 5. The first-order valence-electron chi connectivity index (χ1n) is 8.81. The number of piperazine rings is 1. The normalized spacial score (nSPS) is 14.8. The average molecular weight is 341 g/mol. The van der Waals surface area contributed by atoms with Crippen molar-refractivity contribution >= 4 is 17.5 Å². The van der Waals surface area contributed by atoms with Gasteiger partial charge >= 0.3 is 0 Å². The Morgan fingerprint density at radius 2 is 1.64 bits per heavy atom. The zero-order chi connectivity index (χ0) is 17.8. The van der Waals surface area contributed by atoms with Gasteiger partial charge in [0.1, 0.15) is 11.6 Å². The predicted molar refractivity (Wildman–Crippen MR) is 103 cm³/mol. The molecule has 0 aliphatic carbocycles. The predicted octanol–water partition coefficient (Wildman–Crippen LogP) is 2.94. The molecule has 1 fully saturated rings. The van der Waals surface area contributed by atoms with E-state index < -0.39 is 0 Å². The maximum atomic E-state index is 5.23. The number of methoxy groups -OCH3 is 1. The van der Waals surface area contributed by atoms with E-state index >= 15 is 0 Å². The number of hydrogen-bond acceptors (Lipinski definition) is 6.